The number of methoxy groups -OCH3 is 1. The molecule has 2 aliphatic heterocycles. The van der Waals surface area contributed by atoms with E-state index in [0.717, 1.165) is 64.6 Å². The average molecular weight is 413 g/mol. The third-order valence-electron chi connectivity index (χ3n) is 4.16. The highest BCUT2D eigenvalue weighted by atomic mass is 127. The first-order valence-electron chi connectivity index (χ1n) is 7.47. The van der Waals surface area contributed by atoms with Gasteiger partial charge in [-0.2, -0.15) is 0 Å². The van der Waals surface area contributed by atoms with Crippen molar-refractivity contribution >= 4 is 29.9 Å². The molecule has 2 saturated heterocycles. The molecule has 2 fully saturated rings. The third kappa shape index (κ3) is 5.88. The minimum absolute atomic E-state index is 0. The third-order valence-corrected chi connectivity index (χ3v) is 4.16. The molecule has 0 radical (unpaired) electrons. The summed E-state index contributed by atoms with van der Waals surface area (Å²) in [5.74, 6) is 0.809. The van der Waals surface area contributed by atoms with E-state index in [2.05, 4.69) is 15.6 Å². The minimum atomic E-state index is -0.139. The van der Waals surface area contributed by atoms with Crippen LogP contribution in [0.5, 0.6) is 0 Å². The summed E-state index contributed by atoms with van der Waals surface area (Å²) in [5, 5.41) is 6.68. The number of ether oxygens (including phenoxy) is 3. The van der Waals surface area contributed by atoms with E-state index in [1.165, 1.54) is 0 Å². The van der Waals surface area contributed by atoms with Gasteiger partial charge in [0.2, 0.25) is 0 Å². The normalized spacial score (nSPS) is 25.2. The van der Waals surface area contributed by atoms with Gasteiger partial charge in [0.25, 0.3) is 0 Å². The number of hydrogen-bond donors (Lipinski definition) is 2. The van der Waals surface area contributed by atoms with E-state index in [9.17, 15) is 0 Å². The molecule has 7 heteroatoms. The Kier molecular flexibility index (Phi) is 8.84. The number of aliphatic imine (C=N–C) groups is 1. The van der Waals surface area contributed by atoms with Crippen LogP contribution >= 0.6 is 24.0 Å². The van der Waals surface area contributed by atoms with Gasteiger partial charge in [-0.1, -0.05) is 0 Å². The second-order valence-electron chi connectivity index (χ2n) is 5.44. The van der Waals surface area contributed by atoms with Crippen molar-refractivity contribution in [3.8, 4) is 0 Å². The Hall–Kier alpha value is -0.120. The first-order chi connectivity index (χ1) is 9.78. The monoisotopic (exact) mass is 413 g/mol. The average Bonchev–Trinajstić information content (AvgIpc) is 3.02. The van der Waals surface area contributed by atoms with E-state index in [-0.39, 0.29) is 29.6 Å². The van der Waals surface area contributed by atoms with Gasteiger partial charge in [0.1, 0.15) is 0 Å². The van der Waals surface area contributed by atoms with Crippen LogP contribution in [0, 0.1) is 0 Å². The summed E-state index contributed by atoms with van der Waals surface area (Å²) in [6, 6.07) is 0. The SMILES string of the molecule is CN=C(NCC1CCCO1)NCC1(OC)CCOCC1.I. The lowest BCUT2D eigenvalue weighted by Crippen LogP contribution is -2.51. The Bertz CT molecular complexity index is 317. The summed E-state index contributed by atoms with van der Waals surface area (Å²) < 4.78 is 16.7. The zero-order valence-electron chi connectivity index (χ0n) is 13.0. The molecule has 0 amide bonds. The van der Waals surface area contributed by atoms with E-state index in [0.29, 0.717) is 6.10 Å². The molecule has 0 saturated carbocycles. The molecular weight excluding hydrogens is 385 g/mol. The Balaban J connectivity index is 0.00000220. The van der Waals surface area contributed by atoms with E-state index < -0.39 is 0 Å². The Labute approximate surface area is 144 Å². The van der Waals surface area contributed by atoms with Crippen molar-refractivity contribution < 1.29 is 14.2 Å². The smallest absolute Gasteiger partial charge is 0.191 e. The van der Waals surface area contributed by atoms with Gasteiger partial charge < -0.3 is 24.8 Å². The topological polar surface area (TPSA) is 64.1 Å². The number of guanidine groups is 1. The van der Waals surface area contributed by atoms with Gasteiger partial charge in [0.05, 0.1) is 11.7 Å². The minimum Gasteiger partial charge on any atom is -0.381 e. The van der Waals surface area contributed by atoms with E-state index >= 15 is 0 Å². The zero-order chi connectivity index (χ0) is 14.3. The van der Waals surface area contributed by atoms with Gasteiger partial charge in [-0.3, -0.25) is 4.99 Å². The fourth-order valence-electron chi connectivity index (χ4n) is 2.68. The highest BCUT2D eigenvalue weighted by molar-refractivity contribution is 14.0. The van der Waals surface area contributed by atoms with Crippen LogP contribution < -0.4 is 10.6 Å². The molecule has 0 aromatic carbocycles. The van der Waals surface area contributed by atoms with Crippen LogP contribution in [-0.2, 0) is 14.2 Å². The Morgan fingerprint density at radius 1 is 1.29 bits per heavy atom. The zero-order valence-corrected chi connectivity index (χ0v) is 15.4. The van der Waals surface area contributed by atoms with Gasteiger partial charge in [0.15, 0.2) is 5.96 Å². The second kappa shape index (κ2) is 9.81. The molecule has 0 aromatic rings. The van der Waals surface area contributed by atoms with Crippen molar-refractivity contribution in [2.75, 3.05) is 47.1 Å². The fraction of sp³-hybridized carbons (Fsp3) is 0.929. The summed E-state index contributed by atoms with van der Waals surface area (Å²) in [5.41, 5.74) is -0.139. The van der Waals surface area contributed by atoms with Crippen molar-refractivity contribution in [3.63, 3.8) is 0 Å². The fourth-order valence-corrected chi connectivity index (χ4v) is 2.68. The molecule has 0 spiro atoms. The first-order valence-corrected chi connectivity index (χ1v) is 7.47. The van der Waals surface area contributed by atoms with Crippen molar-refractivity contribution in [2.45, 2.75) is 37.4 Å². The number of nitrogens with one attached hydrogen (secondary N) is 2. The van der Waals surface area contributed by atoms with Gasteiger partial charge >= 0.3 is 0 Å². The van der Waals surface area contributed by atoms with Gasteiger partial charge in [-0.25, -0.2) is 0 Å². The lowest BCUT2D eigenvalue weighted by atomic mass is 9.94. The largest absolute Gasteiger partial charge is 0.381 e. The summed E-state index contributed by atoms with van der Waals surface area (Å²) in [7, 11) is 3.56. The second-order valence-corrected chi connectivity index (χ2v) is 5.44. The molecule has 0 aliphatic carbocycles. The maximum Gasteiger partial charge on any atom is 0.191 e. The summed E-state index contributed by atoms with van der Waals surface area (Å²) in [6.07, 6.45) is 4.43. The van der Waals surface area contributed by atoms with Crippen LogP contribution in [0.4, 0.5) is 0 Å². The van der Waals surface area contributed by atoms with E-state index in [4.69, 9.17) is 14.2 Å². The molecule has 6 nitrogen and oxygen atoms in total. The van der Waals surface area contributed by atoms with Crippen LogP contribution in [0.15, 0.2) is 4.99 Å². The molecule has 0 aromatic heterocycles. The standard InChI is InChI=1S/C14H27N3O3.HI/c1-15-13(16-10-12-4-3-7-20-12)17-11-14(18-2)5-8-19-9-6-14;/h12H,3-11H2,1-2H3,(H2,15,16,17);1H. The first kappa shape index (κ1) is 18.9. The molecule has 2 N–H and O–H groups in total. The number of hydrogen-bond acceptors (Lipinski definition) is 4. The van der Waals surface area contributed by atoms with E-state index in [1.807, 2.05) is 0 Å². The van der Waals surface area contributed by atoms with Gasteiger partial charge in [0, 0.05) is 59.9 Å². The van der Waals surface area contributed by atoms with Gasteiger partial charge in [-0.05, 0) is 12.8 Å². The Morgan fingerprint density at radius 3 is 2.62 bits per heavy atom. The van der Waals surface area contributed by atoms with Crippen molar-refractivity contribution in [3.05, 3.63) is 0 Å². The quantitative estimate of drug-likeness (QED) is 0.402. The van der Waals surface area contributed by atoms with Crippen LogP contribution in [0.3, 0.4) is 0 Å². The molecule has 21 heavy (non-hydrogen) atoms. The maximum absolute atomic E-state index is 5.70. The summed E-state index contributed by atoms with van der Waals surface area (Å²) >= 11 is 0. The lowest BCUT2D eigenvalue weighted by Gasteiger charge is -2.36. The van der Waals surface area contributed by atoms with Crippen molar-refractivity contribution in [1.29, 1.82) is 0 Å². The molecule has 0 bridgehead atoms. The summed E-state index contributed by atoms with van der Waals surface area (Å²) in [4.78, 5) is 4.25. The highest BCUT2D eigenvalue weighted by Crippen LogP contribution is 2.23. The number of rotatable bonds is 5. The highest BCUT2D eigenvalue weighted by Gasteiger charge is 2.32. The van der Waals surface area contributed by atoms with Crippen LogP contribution in [0.1, 0.15) is 25.7 Å². The molecule has 2 heterocycles. The predicted octanol–water partition coefficient (Wildman–Crippen LogP) is 1.14. The van der Waals surface area contributed by atoms with Crippen molar-refractivity contribution in [1.82, 2.24) is 10.6 Å². The number of nitrogens with zero attached hydrogens (tertiary/aromatic N) is 1. The number of halogens is 1. The molecule has 2 aliphatic rings. The Morgan fingerprint density at radius 2 is 2.05 bits per heavy atom. The molecule has 124 valence electrons. The molecule has 1 unspecified atom stereocenters. The van der Waals surface area contributed by atoms with E-state index in [1.54, 1.807) is 14.2 Å². The molecular formula is C14H28IN3O3. The maximum atomic E-state index is 5.70. The van der Waals surface area contributed by atoms with Crippen LogP contribution in [0.2, 0.25) is 0 Å². The molecule has 2 rings (SSSR count). The van der Waals surface area contributed by atoms with Gasteiger partial charge in [-0.15, -0.1) is 24.0 Å². The van der Waals surface area contributed by atoms with Crippen LogP contribution in [0.25, 0.3) is 0 Å². The molecule has 1 atom stereocenters. The van der Waals surface area contributed by atoms with Crippen molar-refractivity contribution in [2.24, 2.45) is 4.99 Å². The van der Waals surface area contributed by atoms with Crippen LogP contribution in [-0.4, -0.2) is 64.7 Å². The summed E-state index contributed by atoms with van der Waals surface area (Å²) in [6.45, 7) is 3.96. The lowest BCUT2D eigenvalue weighted by molar-refractivity contribution is -0.0855. The predicted molar refractivity (Wildman–Crippen MR) is 93.5 cm³/mol.